The van der Waals surface area contributed by atoms with E-state index in [2.05, 4.69) is 0 Å². The van der Waals surface area contributed by atoms with E-state index in [9.17, 15) is 8.78 Å². The summed E-state index contributed by atoms with van der Waals surface area (Å²) in [5.74, 6) is -1.78. The molecule has 0 saturated heterocycles. The molecule has 15 heavy (non-hydrogen) atoms. The quantitative estimate of drug-likeness (QED) is 0.781. The summed E-state index contributed by atoms with van der Waals surface area (Å²) in [5, 5.41) is 9.99. The summed E-state index contributed by atoms with van der Waals surface area (Å²) in [6.07, 6.45) is 0. The average molecular weight is 216 g/mol. The molecular formula is C10H14F2N2O. The third-order valence-electron chi connectivity index (χ3n) is 2.00. The van der Waals surface area contributed by atoms with Crippen molar-refractivity contribution in [2.75, 3.05) is 26.0 Å². The van der Waals surface area contributed by atoms with Crippen LogP contribution in [0, 0.1) is 11.6 Å². The Hall–Kier alpha value is -1.20. The minimum Gasteiger partial charge on any atom is -0.375 e. The Morgan fingerprint density at radius 1 is 1.20 bits per heavy atom. The minimum atomic E-state index is -0.889. The van der Waals surface area contributed by atoms with Gasteiger partial charge in [-0.1, -0.05) is 6.07 Å². The lowest BCUT2D eigenvalue weighted by Gasteiger charge is -2.20. The Kier molecular flexibility index (Phi) is 3.60. The molecule has 0 heterocycles. The number of nitrogens with zero attached hydrogens (tertiary/aromatic N) is 2. The molecule has 0 saturated carbocycles. The number of rotatable bonds is 3. The third-order valence-corrected chi connectivity index (χ3v) is 2.00. The van der Waals surface area contributed by atoms with E-state index in [1.807, 2.05) is 0 Å². The monoisotopic (exact) mass is 216 g/mol. The van der Waals surface area contributed by atoms with Gasteiger partial charge in [0.05, 0.1) is 12.2 Å². The Bertz CT molecular complexity index is 354. The predicted molar refractivity (Wildman–Crippen MR) is 53.9 cm³/mol. The fourth-order valence-electron chi connectivity index (χ4n) is 1.44. The maximum absolute atomic E-state index is 13.4. The summed E-state index contributed by atoms with van der Waals surface area (Å²) >= 11 is 0. The highest BCUT2D eigenvalue weighted by molar-refractivity contribution is 5.54. The molecule has 0 aromatic heterocycles. The Balaban J connectivity index is 3.21. The van der Waals surface area contributed by atoms with Gasteiger partial charge in [0, 0.05) is 21.1 Å². The molecule has 3 nitrogen and oxygen atoms in total. The molecule has 0 atom stereocenters. The van der Waals surface area contributed by atoms with Crippen LogP contribution in [0.15, 0.2) is 12.1 Å². The lowest BCUT2D eigenvalue weighted by molar-refractivity contribution is -0.0730. The van der Waals surface area contributed by atoms with Crippen LogP contribution in [0.5, 0.6) is 0 Å². The second kappa shape index (κ2) is 4.55. The van der Waals surface area contributed by atoms with Crippen molar-refractivity contribution in [1.29, 1.82) is 0 Å². The molecule has 84 valence electrons. The van der Waals surface area contributed by atoms with E-state index in [0.29, 0.717) is 5.56 Å². The number of hydrogen-bond donors (Lipinski definition) is 1. The van der Waals surface area contributed by atoms with E-state index in [1.54, 1.807) is 14.1 Å². The van der Waals surface area contributed by atoms with E-state index in [4.69, 9.17) is 5.21 Å². The van der Waals surface area contributed by atoms with E-state index < -0.39 is 11.6 Å². The first-order valence-corrected chi connectivity index (χ1v) is 4.47. The maximum atomic E-state index is 13.4. The van der Waals surface area contributed by atoms with Gasteiger partial charge in [-0.3, -0.25) is 0 Å². The summed E-state index contributed by atoms with van der Waals surface area (Å²) in [5.41, 5.74) is 0.694. The summed E-state index contributed by atoms with van der Waals surface area (Å²) in [6.45, 7) is 0.144. The zero-order valence-electron chi connectivity index (χ0n) is 8.96. The number of halogens is 2. The van der Waals surface area contributed by atoms with E-state index in [1.165, 1.54) is 18.0 Å². The molecule has 0 amide bonds. The van der Waals surface area contributed by atoms with Crippen LogP contribution in [0.3, 0.4) is 0 Å². The number of hydrogen-bond acceptors (Lipinski definition) is 3. The first kappa shape index (κ1) is 11.9. The summed E-state index contributed by atoms with van der Waals surface area (Å²) in [7, 11) is 4.69. The van der Waals surface area contributed by atoms with Crippen molar-refractivity contribution < 1.29 is 14.0 Å². The van der Waals surface area contributed by atoms with E-state index in [-0.39, 0.29) is 12.2 Å². The number of anilines is 1. The lowest BCUT2D eigenvalue weighted by Crippen LogP contribution is -2.19. The van der Waals surface area contributed by atoms with Crippen molar-refractivity contribution in [3.63, 3.8) is 0 Å². The highest BCUT2D eigenvalue weighted by Crippen LogP contribution is 2.25. The van der Waals surface area contributed by atoms with Crippen LogP contribution in [0.4, 0.5) is 14.5 Å². The third kappa shape index (κ3) is 2.64. The van der Waals surface area contributed by atoms with Crippen LogP contribution in [-0.4, -0.2) is 31.4 Å². The smallest absolute Gasteiger partial charge is 0.182 e. The fraction of sp³-hybridized carbons (Fsp3) is 0.400. The van der Waals surface area contributed by atoms with Gasteiger partial charge in [0.1, 0.15) is 0 Å². The van der Waals surface area contributed by atoms with E-state index >= 15 is 0 Å². The molecule has 5 heteroatoms. The Labute approximate surface area is 87.5 Å². The largest absolute Gasteiger partial charge is 0.375 e. The van der Waals surface area contributed by atoms with Gasteiger partial charge in [0.15, 0.2) is 11.6 Å². The second-order valence-electron chi connectivity index (χ2n) is 3.58. The van der Waals surface area contributed by atoms with Gasteiger partial charge < -0.3 is 10.1 Å². The normalized spacial score (nSPS) is 10.9. The Morgan fingerprint density at radius 2 is 1.80 bits per heavy atom. The van der Waals surface area contributed by atoms with Crippen molar-refractivity contribution in [3.05, 3.63) is 29.3 Å². The maximum Gasteiger partial charge on any atom is 0.182 e. The molecule has 1 rings (SSSR count). The predicted octanol–water partition coefficient (Wildman–Crippen LogP) is 1.85. The molecule has 1 N–H and O–H groups in total. The van der Waals surface area contributed by atoms with Gasteiger partial charge in [-0.2, -0.15) is 5.06 Å². The van der Waals surface area contributed by atoms with Gasteiger partial charge in [-0.25, -0.2) is 8.78 Å². The highest BCUT2D eigenvalue weighted by Gasteiger charge is 2.15. The van der Waals surface area contributed by atoms with Crippen molar-refractivity contribution >= 4 is 5.69 Å². The molecule has 0 radical (unpaired) electrons. The van der Waals surface area contributed by atoms with Crippen LogP contribution < -0.4 is 4.90 Å². The van der Waals surface area contributed by atoms with Crippen LogP contribution >= 0.6 is 0 Å². The average Bonchev–Trinajstić information content (AvgIpc) is 2.10. The van der Waals surface area contributed by atoms with Gasteiger partial charge in [0.25, 0.3) is 0 Å². The number of hydroxylamine groups is 2. The van der Waals surface area contributed by atoms with Crippen LogP contribution in [0.25, 0.3) is 0 Å². The highest BCUT2D eigenvalue weighted by atomic mass is 19.2. The summed E-state index contributed by atoms with van der Waals surface area (Å²) in [4.78, 5) is 1.48. The van der Waals surface area contributed by atoms with Gasteiger partial charge in [-0.05, 0) is 11.6 Å². The second-order valence-corrected chi connectivity index (χ2v) is 3.58. The fourth-order valence-corrected chi connectivity index (χ4v) is 1.44. The van der Waals surface area contributed by atoms with Crippen molar-refractivity contribution in [1.82, 2.24) is 5.06 Å². The lowest BCUT2D eigenvalue weighted by atomic mass is 10.1. The first-order valence-electron chi connectivity index (χ1n) is 4.47. The van der Waals surface area contributed by atoms with Gasteiger partial charge in [-0.15, -0.1) is 0 Å². The molecular weight excluding hydrogens is 202 g/mol. The summed E-state index contributed by atoms with van der Waals surface area (Å²) in [6, 6.07) is 2.52. The van der Waals surface area contributed by atoms with Crippen LogP contribution in [-0.2, 0) is 6.54 Å². The van der Waals surface area contributed by atoms with Gasteiger partial charge in [0.2, 0.25) is 0 Å². The minimum absolute atomic E-state index is 0.144. The first-order chi connectivity index (χ1) is 6.93. The molecule has 1 aromatic rings. The van der Waals surface area contributed by atoms with Gasteiger partial charge >= 0.3 is 0 Å². The summed E-state index contributed by atoms with van der Waals surface area (Å²) < 4.78 is 26.4. The molecule has 0 aliphatic heterocycles. The van der Waals surface area contributed by atoms with Crippen LogP contribution in [0.1, 0.15) is 5.56 Å². The topological polar surface area (TPSA) is 26.7 Å². The van der Waals surface area contributed by atoms with E-state index in [0.717, 1.165) is 11.1 Å². The van der Waals surface area contributed by atoms with Crippen molar-refractivity contribution in [2.45, 2.75) is 6.54 Å². The van der Waals surface area contributed by atoms with Crippen LogP contribution in [0.2, 0.25) is 0 Å². The molecule has 0 aliphatic carbocycles. The number of benzene rings is 1. The zero-order chi connectivity index (χ0) is 11.6. The Morgan fingerprint density at radius 3 is 2.27 bits per heavy atom. The molecule has 0 fully saturated rings. The molecule has 1 aromatic carbocycles. The molecule has 0 spiro atoms. The zero-order valence-corrected chi connectivity index (χ0v) is 8.96. The molecule has 0 bridgehead atoms. The van der Waals surface area contributed by atoms with Crippen molar-refractivity contribution in [2.24, 2.45) is 0 Å². The SMILES string of the molecule is CN(O)Cc1ccc(F)c(F)c1N(C)C. The van der Waals surface area contributed by atoms with Crippen molar-refractivity contribution in [3.8, 4) is 0 Å². The molecule has 0 unspecified atom stereocenters. The standard InChI is InChI=1S/C10H14F2N2O/c1-13(2)10-7(6-14(3)15)4-5-8(11)9(10)12/h4-5,15H,6H2,1-3H3. The molecule has 0 aliphatic rings.